The molecule has 4 rings (SSSR count). The molecule has 1 N–H and O–H groups in total. The molecule has 1 aliphatic rings. The Morgan fingerprint density at radius 3 is 2.44 bits per heavy atom. The molecular formula is C26H29ClN2O3. The van der Waals surface area contributed by atoms with E-state index >= 15 is 0 Å². The summed E-state index contributed by atoms with van der Waals surface area (Å²) in [5.74, 6) is 0.101. The Bertz CT molecular complexity index is 1060. The first-order valence-corrected chi connectivity index (χ1v) is 11.6. The predicted octanol–water partition coefficient (Wildman–Crippen LogP) is 6.09. The highest BCUT2D eigenvalue weighted by Gasteiger charge is 2.24. The molecule has 0 aliphatic heterocycles. The molecule has 1 saturated carbocycles. The second kappa shape index (κ2) is 10.3. The summed E-state index contributed by atoms with van der Waals surface area (Å²) < 4.78 is 7.46. The number of benzene rings is 2. The van der Waals surface area contributed by atoms with Crippen LogP contribution in [0.1, 0.15) is 31.4 Å². The summed E-state index contributed by atoms with van der Waals surface area (Å²) in [6, 6.07) is 18.3. The van der Waals surface area contributed by atoms with Crippen LogP contribution in [0.4, 0.5) is 0 Å². The molecule has 0 saturated heterocycles. The maximum Gasteiger partial charge on any atom is 0.329 e. The Hall–Kier alpha value is -2.63. The van der Waals surface area contributed by atoms with Crippen molar-refractivity contribution in [1.29, 1.82) is 0 Å². The van der Waals surface area contributed by atoms with Gasteiger partial charge < -0.3 is 9.84 Å². The average molecular weight is 453 g/mol. The van der Waals surface area contributed by atoms with E-state index in [4.69, 9.17) is 26.5 Å². The van der Waals surface area contributed by atoms with Gasteiger partial charge in [0.25, 0.3) is 0 Å². The highest BCUT2D eigenvalue weighted by molar-refractivity contribution is 6.30. The van der Waals surface area contributed by atoms with Crippen LogP contribution in [0, 0.1) is 18.8 Å². The lowest BCUT2D eigenvalue weighted by Gasteiger charge is -2.28. The molecule has 5 nitrogen and oxygen atoms in total. The molecule has 1 heterocycles. The van der Waals surface area contributed by atoms with E-state index in [0.29, 0.717) is 18.4 Å². The minimum Gasteiger partial charge on any atom is -0.480 e. The van der Waals surface area contributed by atoms with E-state index in [2.05, 4.69) is 29.8 Å². The van der Waals surface area contributed by atoms with Crippen molar-refractivity contribution in [3.05, 3.63) is 65.3 Å². The fourth-order valence-corrected chi connectivity index (χ4v) is 4.84. The van der Waals surface area contributed by atoms with Gasteiger partial charge in [0, 0.05) is 28.4 Å². The van der Waals surface area contributed by atoms with Gasteiger partial charge in [-0.3, -0.25) is 4.68 Å². The topological polar surface area (TPSA) is 64.4 Å². The van der Waals surface area contributed by atoms with Crippen LogP contribution in [0.3, 0.4) is 0 Å². The number of carboxylic acid groups (broad SMARTS) is 1. The zero-order valence-corrected chi connectivity index (χ0v) is 19.1. The molecule has 2 aromatic carbocycles. The summed E-state index contributed by atoms with van der Waals surface area (Å²) in [5.41, 5.74) is 5.46. The van der Waals surface area contributed by atoms with Gasteiger partial charge in [-0.2, -0.15) is 5.10 Å². The quantitative estimate of drug-likeness (QED) is 0.449. The van der Waals surface area contributed by atoms with Gasteiger partial charge in [0.15, 0.2) is 0 Å². The van der Waals surface area contributed by atoms with Crippen molar-refractivity contribution in [2.75, 3.05) is 13.2 Å². The van der Waals surface area contributed by atoms with Crippen LogP contribution in [0.2, 0.25) is 5.02 Å². The number of carbonyl (C=O) groups is 1. The summed E-state index contributed by atoms with van der Waals surface area (Å²) in [5, 5.41) is 14.5. The molecule has 3 aromatic rings. The van der Waals surface area contributed by atoms with Gasteiger partial charge >= 0.3 is 5.97 Å². The van der Waals surface area contributed by atoms with Gasteiger partial charge in [-0.15, -0.1) is 0 Å². The van der Waals surface area contributed by atoms with Crippen molar-refractivity contribution in [1.82, 2.24) is 9.78 Å². The largest absolute Gasteiger partial charge is 0.480 e. The monoisotopic (exact) mass is 452 g/mol. The van der Waals surface area contributed by atoms with Crippen molar-refractivity contribution in [2.24, 2.45) is 11.8 Å². The molecule has 0 unspecified atom stereocenters. The average Bonchev–Trinajstić information content (AvgIpc) is 3.11. The van der Waals surface area contributed by atoms with Gasteiger partial charge in [-0.05, 0) is 62.1 Å². The lowest BCUT2D eigenvalue weighted by atomic mass is 9.82. The van der Waals surface area contributed by atoms with Crippen LogP contribution < -0.4 is 0 Å². The van der Waals surface area contributed by atoms with Crippen LogP contribution >= 0.6 is 11.6 Å². The number of hydrogen-bond acceptors (Lipinski definition) is 3. The molecular weight excluding hydrogens is 424 g/mol. The number of nitrogens with zero attached hydrogens (tertiary/aromatic N) is 2. The molecule has 1 aliphatic carbocycles. The number of carboxylic acids is 1. The van der Waals surface area contributed by atoms with E-state index < -0.39 is 5.97 Å². The van der Waals surface area contributed by atoms with Gasteiger partial charge in [0.05, 0.1) is 6.61 Å². The fraction of sp³-hybridized carbons (Fsp3) is 0.385. The molecule has 0 bridgehead atoms. The summed E-state index contributed by atoms with van der Waals surface area (Å²) in [7, 11) is 0. The standard InChI is InChI=1S/C26H29ClN2O3/c1-18-25(22-8-5-9-23(27)14-22)26(21-6-3-2-4-7-21)28-29(18)15-19-10-12-20(13-11-19)16-32-17-24(30)31/h2-9,14,19-20H,10-13,15-17H2,1H3,(H,30,31)/t19-,20-. The number of aromatic nitrogens is 2. The lowest BCUT2D eigenvalue weighted by Crippen LogP contribution is -2.23. The molecule has 0 atom stereocenters. The minimum absolute atomic E-state index is 0.207. The summed E-state index contributed by atoms with van der Waals surface area (Å²) in [6.07, 6.45) is 4.34. The molecule has 32 heavy (non-hydrogen) atoms. The van der Waals surface area contributed by atoms with Gasteiger partial charge in [-0.1, -0.05) is 54.1 Å². The third kappa shape index (κ3) is 5.40. The molecule has 1 fully saturated rings. The summed E-state index contributed by atoms with van der Waals surface area (Å²) >= 11 is 6.30. The SMILES string of the molecule is Cc1c(-c2cccc(Cl)c2)c(-c2ccccc2)nn1C[C@H]1CC[C@H](COCC(=O)O)CC1. The summed E-state index contributed by atoms with van der Waals surface area (Å²) in [4.78, 5) is 10.6. The molecule has 0 amide bonds. The van der Waals surface area contributed by atoms with Crippen molar-refractivity contribution in [3.63, 3.8) is 0 Å². The third-order valence-electron chi connectivity index (χ3n) is 6.34. The highest BCUT2D eigenvalue weighted by Crippen LogP contribution is 2.37. The molecule has 168 valence electrons. The first-order chi connectivity index (χ1) is 15.5. The van der Waals surface area contributed by atoms with Crippen LogP contribution in [0.15, 0.2) is 54.6 Å². The van der Waals surface area contributed by atoms with Gasteiger partial charge in [0.1, 0.15) is 12.3 Å². The second-order valence-electron chi connectivity index (χ2n) is 8.66. The van der Waals surface area contributed by atoms with Crippen LogP contribution in [0.25, 0.3) is 22.4 Å². The maximum absolute atomic E-state index is 10.6. The number of ether oxygens (including phenoxy) is 1. The second-order valence-corrected chi connectivity index (χ2v) is 9.10. The zero-order valence-electron chi connectivity index (χ0n) is 18.3. The first-order valence-electron chi connectivity index (χ1n) is 11.2. The Morgan fingerprint density at radius 1 is 1.06 bits per heavy atom. The normalized spacial score (nSPS) is 18.6. The van der Waals surface area contributed by atoms with Crippen molar-refractivity contribution in [3.8, 4) is 22.4 Å². The number of rotatable bonds is 8. The van der Waals surface area contributed by atoms with Gasteiger partial charge in [-0.25, -0.2) is 4.79 Å². The van der Waals surface area contributed by atoms with Crippen LogP contribution in [-0.4, -0.2) is 34.1 Å². The van der Waals surface area contributed by atoms with Gasteiger partial charge in [0.2, 0.25) is 0 Å². The predicted molar refractivity (Wildman–Crippen MR) is 127 cm³/mol. The third-order valence-corrected chi connectivity index (χ3v) is 6.58. The highest BCUT2D eigenvalue weighted by atomic mass is 35.5. The van der Waals surface area contributed by atoms with Crippen molar-refractivity contribution in [2.45, 2.75) is 39.2 Å². The van der Waals surface area contributed by atoms with E-state index in [1.165, 1.54) is 0 Å². The number of aliphatic carboxylic acids is 1. The maximum atomic E-state index is 10.6. The molecule has 0 radical (unpaired) electrons. The van der Waals surface area contributed by atoms with E-state index in [1.807, 2.05) is 36.4 Å². The van der Waals surface area contributed by atoms with Crippen LogP contribution in [-0.2, 0) is 16.1 Å². The Balaban J connectivity index is 1.52. The first kappa shape index (κ1) is 22.6. The molecule has 6 heteroatoms. The Kier molecular flexibility index (Phi) is 7.28. The Morgan fingerprint density at radius 2 is 1.75 bits per heavy atom. The fourth-order valence-electron chi connectivity index (χ4n) is 4.65. The lowest BCUT2D eigenvalue weighted by molar-refractivity contribution is -0.142. The number of hydrogen-bond donors (Lipinski definition) is 1. The van der Waals surface area contributed by atoms with Crippen LogP contribution in [0.5, 0.6) is 0 Å². The number of halogens is 1. The zero-order chi connectivity index (χ0) is 22.5. The summed E-state index contributed by atoms with van der Waals surface area (Å²) in [6.45, 7) is 3.35. The van der Waals surface area contributed by atoms with Crippen molar-refractivity contribution >= 4 is 17.6 Å². The van der Waals surface area contributed by atoms with E-state index in [-0.39, 0.29) is 6.61 Å². The molecule has 1 aromatic heterocycles. The van der Waals surface area contributed by atoms with E-state index in [1.54, 1.807) is 0 Å². The Labute approximate surface area is 194 Å². The molecule has 0 spiro atoms. The van der Waals surface area contributed by atoms with E-state index in [9.17, 15) is 4.79 Å². The smallest absolute Gasteiger partial charge is 0.329 e. The van der Waals surface area contributed by atoms with Crippen molar-refractivity contribution < 1.29 is 14.6 Å². The van der Waals surface area contributed by atoms with E-state index in [0.717, 1.165) is 65.3 Å². The minimum atomic E-state index is -0.905.